The molecule has 0 saturated carbocycles. The summed E-state index contributed by atoms with van der Waals surface area (Å²) in [6, 6.07) is 3.83. The molecular formula is C9H12O4S. The van der Waals surface area contributed by atoms with Crippen molar-refractivity contribution in [3.8, 4) is 5.75 Å². The van der Waals surface area contributed by atoms with Crippen LogP contribution in [0.1, 0.15) is 25.3 Å². The number of hydrogen-bond donors (Lipinski definition) is 2. The number of phenols is 1. The lowest BCUT2D eigenvalue weighted by Crippen LogP contribution is -1.99. The molecule has 0 aliphatic rings. The molecular weight excluding hydrogens is 204 g/mol. The SMILES string of the molecule is CC(C)c1cc(O)cc(S(=O)(=O)O)c1. The fourth-order valence-corrected chi connectivity index (χ4v) is 1.64. The van der Waals surface area contributed by atoms with Crippen molar-refractivity contribution in [3.63, 3.8) is 0 Å². The largest absolute Gasteiger partial charge is 0.508 e. The molecule has 0 saturated heterocycles. The van der Waals surface area contributed by atoms with Gasteiger partial charge in [-0.1, -0.05) is 13.8 Å². The predicted octanol–water partition coefficient (Wildman–Crippen LogP) is 1.76. The standard InChI is InChI=1S/C9H12O4S/c1-6(2)7-3-8(10)5-9(4-7)14(11,12)13/h3-6,10H,1-2H3,(H,11,12,13). The fourth-order valence-electron chi connectivity index (χ4n) is 1.09. The van der Waals surface area contributed by atoms with Crippen LogP contribution in [-0.2, 0) is 10.1 Å². The third-order valence-electron chi connectivity index (χ3n) is 1.88. The quantitative estimate of drug-likeness (QED) is 0.739. The molecule has 0 unspecified atom stereocenters. The second-order valence-electron chi connectivity index (χ2n) is 3.39. The molecule has 0 atom stereocenters. The van der Waals surface area contributed by atoms with Crippen molar-refractivity contribution in [1.82, 2.24) is 0 Å². The highest BCUT2D eigenvalue weighted by Crippen LogP contribution is 2.24. The summed E-state index contributed by atoms with van der Waals surface area (Å²) in [5.41, 5.74) is 0.664. The monoisotopic (exact) mass is 216 g/mol. The van der Waals surface area contributed by atoms with Crippen LogP contribution in [0.5, 0.6) is 5.75 Å². The summed E-state index contributed by atoms with van der Waals surface area (Å²) in [6.07, 6.45) is 0. The average Bonchev–Trinajstić information content (AvgIpc) is 2.01. The topological polar surface area (TPSA) is 74.6 Å². The molecule has 4 nitrogen and oxygen atoms in total. The van der Waals surface area contributed by atoms with E-state index in [-0.39, 0.29) is 16.6 Å². The Kier molecular flexibility index (Phi) is 2.82. The number of benzene rings is 1. The van der Waals surface area contributed by atoms with E-state index in [2.05, 4.69) is 0 Å². The summed E-state index contributed by atoms with van der Waals surface area (Å²) in [5, 5.41) is 9.23. The molecule has 5 heteroatoms. The molecule has 0 heterocycles. The molecule has 1 aromatic carbocycles. The van der Waals surface area contributed by atoms with Gasteiger partial charge in [0.25, 0.3) is 10.1 Å². The van der Waals surface area contributed by atoms with Crippen molar-refractivity contribution in [3.05, 3.63) is 23.8 Å². The van der Waals surface area contributed by atoms with Crippen molar-refractivity contribution in [2.24, 2.45) is 0 Å². The van der Waals surface area contributed by atoms with Crippen LogP contribution in [-0.4, -0.2) is 18.1 Å². The Morgan fingerprint density at radius 1 is 1.21 bits per heavy atom. The number of aromatic hydroxyl groups is 1. The van der Waals surface area contributed by atoms with Gasteiger partial charge < -0.3 is 5.11 Å². The molecule has 0 amide bonds. The van der Waals surface area contributed by atoms with Crippen LogP contribution in [0.2, 0.25) is 0 Å². The minimum absolute atomic E-state index is 0.0857. The van der Waals surface area contributed by atoms with Crippen LogP contribution in [0.25, 0.3) is 0 Å². The molecule has 78 valence electrons. The van der Waals surface area contributed by atoms with Gasteiger partial charge >= 0.3 is 0 Å². The van der Waals surface area contributed by atoms with E-state index in [1.54, 1.807) is 0 Å². The first-order chi connectivity index (χ1) is 6.30. The van der Waals surface area contributed by atoms with Gasteiger partial charge in [-0.15, -0.1) is 0 Å². The number of rotatable bonds is 2. The molecule has 1 rings (SSSR count). The van der Waals surface area contributed by atoms with E-state index in [1.165, 1.54) is 12.1 Å². The van der Waals surface area contributed by atoms with E-state index in [0.29, 0.717) is 5.56 Å². The average molecular weight is 216 g/mol. The van der Waals surface area contributed by atoms with Gasteiger partial charge in [-0.2, -0.15) is 8.42 Å². The Labute approximate surface area is 82.9 Å². The second kappa shape index (κ2) is 3.59. The van der Waals surface area contributed by atoms with Gasteiger partial charge in [-0.3, -0.25) is 4.55 Å². The van der Waals surface area contributed by atoms with Crippen molar-refractivity contribution in [1.29, 1.82) is 0 Å². The molecule has 0 spiro atoms. The molecule has 0 bridgehead atoms. The Hall–Kier alpha value is -1.07. The summed E-state index contributed by atoms with van der Waals surface area (Å²) in [7, 11) is -4.24. The van der Waals surface area contributed by atoms with Crippen LogP contribution < -0.4 is 0 Å². The van der Waals surface area contributed by atoms with E-state index < -0.39 is 10.1 Å². The van der Waals surface area contributed by atoms with Crippen molar-refractivity contribution < 1.29 is 18.1 Å². The number of phenolic OH excluding ortho intramolecular Hbond substituents is 1. The summed E-state index contributed by atoms with van der Waals surface area (Å²) < 4.78 is 30.4. The fraction of sp³-hybridized carbons (Fsp3) is 0.333. The highest BCUT2D eigenvalue weighted by molar-refractivity contribution is 7.85. The summed E-state index contributed by atoms with van der Waals surface area (Å²) in [5.74, 6) is -0.0774. The highest BCUT2D eigenvalue weighted by Gasteiger charge is 2.13. The zero-order chi connectivity index (χ0) is 10.9. The maximum Gasteiger partial charge on any atom is 0.294 e. The van der Waals surface area contributed by atoms with E-state index in [4.69, 9.17) is 4.55 Å². The molecule has 14 heavy (non-hydrogen) atoms. The van der Waals surface area contributed by atoms with E-state index in [1.807, 2.05) is 13.8 Å². The van der Waals surface area contributed by atoms with Crippen LogP contribution >= 0.6 is 0 Å². The normalized spacial score (nSPS) is 12.0. The Bertz CT molecular complexity index is 434. The zero-order valence-electron chi connectivity index (χ0n) is 7.93. The maximum atomic E-state index is 10.8. The zero-order valence-corrected chi connectivity index (χ0v) is 8.75. The maximum absolute atomic E-state index is 10.8. The first kappa shape index (κ1) is 11.0. The third-order valence-corrected chi connectivity index (χ3v) is 2.71. The number of hydrogen-bond acceptors (Lipinski definition) is 3. The third kappa shape index (κ3) is 2.46. The van der Waals surface area contributed by atoms with Crippen LogP contribution in [0.3, 0.4) is 0 Å². The molecule has 0 aliphatic carbocycles. The second-order valence-corrected chi connectivity index (χ2v) is 4.81. The van der Waals surface area contributed by atoms with Crippen molar-refractivity contribution in [2.75, 3.05) is 0 Å². The highest BCUT2D eigenvalue weighted by atomic mass is 32.2. The molecule has 0 fully saturated rings. The van der Waals surface area contributed by atoms with E-state index >= 15 is 0 Å². The van der Waals surface area contributed by atoms with Crippen molar-refractivity contribution in [2.45, 2.75) is 24.7 Å². The lowest BCUT2D eigenvalue weighted by Gasteiger charge is -2.07. The van der Waals surface area contributed by atoms with Gasteiger partial charge in [0.15, 0.2) is 0 Å². The smallest absolute Gasteiger partial charge is 0.294 e. The Balaban J connectivity index is 3.35. The molecule has 1 aromatic rings. The lowest BCUT2D eigenvalue weighted by atomic mass is 10.0. The first-order valence-corrected chi connectivity index (χ1v) is 5.56. The van der Waals surface area contributed by atoms with Gasteiger partial charge in [-0.25, -0.2) is 0 Å². The van der Waals surface area contributed by atoms with Crippen LogP contribution in [0.4, 0.5) is 0 Å². The Morgan fingerprint density at radius 3 is 2.21 bits per heavy atom. The Morgan fingerprint density at radius 2 is 1.79 bits per heavy atom. The van der Waals surface area contributed by atoms with Gasteiger partial charge in [0.2, 0.25) is 0 Å². The van der Waals surface area contributed by atoms with Crippen LogP contribution in [0, 0.1) is 0 Å². The summed E-state index contributed by atoms with van der Waals surface area (Å²) in [4.78, 5) is -0.277. The van der Waals surface area contributed by atoms with E-state index in [0.717, 1.165) is 6.07 Å². The van der Waals surface area contributed by atoms with E-state index in [9.17, 15) is 13.5 Å². The van der Waals surface area contributed by atoms with Crippen LogP contribution in [0.15, 0.2) is 23.1 Å². The minimum atomic E-state index is -4.24. The lowest BCUT2D eigenvalue weighted by molar-refractivity contribution is 0.465. The molecule has 0 aromatic heterocycles. The van der Waals surface area contributed by atoms with Crippen molar-refractivity contribution >= 4 is 10.1 Å². The molecule has 0 radical (unpaired) electrons. The minimum Gasteiger partial charge on any atom is -0.508 e. The summed E-state index contributed by atoms with van der Waals surface area (Å²) >= 11 is 0. The van der Waals surface area contributed by atoms with Gasteiger partial charge in [0.1, 0.15) is 5.75 Å². The molecule has 2 N–H and O–H groups in total. The first-order valence-electron chi connectivity index (χ1n) is 4.12. The van der Waals surface area contributed by atoms with Gasteiger partial charge in [-0.05, 0) is 23.6 Å². The summed E-state index contributed by atoms with van der Waals surface area (Å²) in [6.45, 7) is 3.73. The molecule has 0 aliphatic heterocycles. The van der Waals surface area contributed by atoms with Gasteiger partial charge in [0, 0.05) is 6.07 Å². The predicted molar refractivity (Wildman–Crippen MR) is 52.0 cm³/mol. The van der Waals surface area contributed by atoms with Gasteiger partial charge in [0.05, 0.1) is 4.90 Å².